The van der Waals surface area contributed by atoms with Crippen LogP contribution in [0.5, 0.6) is 0 Å². The third kappa shape index (κ3) is 4.31. The number of halogens is 3. The van der Waals surface area contributed by atoms with E-state index >= 15 is 8.78 Å². The maximum Gasteiger partial charge on any atom is 0.310 e. The van der Waals surface area contributed by atoms with Crippen LogP contribution in [0.2, 0.25) is 5.02 Å². The summed E-state index contributed by atoms with van der Waals surface area (Å²) in [7, 11) is 0. The van der Waals surface area contributed by atoms with Crippen LogP contribution in [0.15, 0.2) is 78.4 Å². The van der Waals surface area contributed by atoms with E-state index in [9.17, 15) is 19.5 Å². The Morgan fingerprint density at radius 2 is 1.79 bits per heavy atom. The summed E-state index contributed by atoms with van der Waals surface area (Å²) < 4.78 is 39.7. The molecule has 10 heteroatoms. The van der Waals surface area contributed by atoms with E-state index in [0.717, 1.165) is 11.6 Å². The Labute approximate surface area is 277 Å². The SMILES string of the molecule is CC12C=CC(=O)C=C1C(F)CC1C3(C)CC4CN(c5ccc(Cl)cc5)OC4(C(=O)COC(=O)Cc4ccccc4)C3(C)CC(O)C12F. The van der Waals surface area contributed by atoms with Crippen LogP contribution < -0.4 is 5.06 Å². The zero-order valence-corrected chi connectivity index (χ0v) is 27.3. The zero-order valence-electron chi connectivity index (χ0n) is 26.5. The van der Waals surface area contributed by atoms with Crippen LogP contribution in [0.1, 0.15) is 45.6 Å². The summed E-state index contributed by atoms with van der Waals surface area (Å²) >= 11 is 6.14. The molecular weight excluding hydrogens is 628 g/mol. The van der Waals surface area contributed by atoms with Crippen LogP contribution in [0.4, 0.5) is 14.5 Å². The van der Waals surface area contributed by atoms with Gasteiger partial charge in [0, 0.05) is 27.7 Å². The number of nitrogens with zero attached hydrogens (tertiary/aromatic N) is 1. The molecule has 248 valence electrons. The highest BCUT2D eigenvalue weighted by atomic mass is 35.5. The molecule has 7 rings (SSSR count). The number of Topliss-reactive ketones (excluding diaryl/α,β-unsaturated/α-hetero) is 1. The number of anilines is 1. The third-order valence-electron chi connectivity index (χ3n) is 12.5. The number of ether oxygens (including phenoxy) is 1. The van der Waals surface area contributed by atoms with Crippen LogP contribution in [0.25, 0.3) is 0 Å². The van der Waals surface area contributed by atoms with Crippen LogP contribution in [-0.4, -0.2) is 59.3 Å². The molecule has 5 aliphatic rings. The molecule has 47 heavy (non-hydrogen) atoms. The summed E-state index contributed by atoms with van der Waals surface area (Å²) in [6, 6.07) is 16.0. The second-order valence-corrected chi connectivity index (χ2v) is 15.0. The molecule has 0 bridgehead atoms. The second kappa shape index (κ2) is 10.8. The van der Waals surface area contributed by atoms with Gasteiger partial charge in [-0.2, -0.15) is 0 Å². The molecular formula is C37H38ClF2NO6. The highest BCUT2D eigenvalue weighted by Crippen LogP contribution is 2.77. The molecule has 1 saturated heterocycles. The molecule has 1 aliphatic heterocycles. The van der Waals surface area contributed by atoms with Gasteiger partial charge in [-0.25, -0.2) is 8.78 Å². The standard InChI is InChI=1S/C37H38ClF2NO6/c1-33-14-13-26(42)16-27(33)28(39)17-29-34(2)18-23-20-41(25-11-9-24(38)10-12-25)47-37(23,35(34,3)19-30(43)36(29,33)40)31(44)21-46-32(45)15-22-7-5-4-6-8-22/h4-14,16,23,28-30,43H,15,17-21H2,1-3H3. The minimum atomic E-state index is -2.33. The predicted molar refractivity (Wildman–Crippen MR) is 171 cm³/mol. The monoisotopic (exact) mass is 665 g/mol. The molecule has 2 aromatic carbocycles. The van der Waals surface area contributed by atoms with Gasteiger partial charge in [-0.3, -0.25) is 24.3 Å². The molecule has 7 nitrogen and oxygen atoms in total. The summed E-state index contributed by atoms with van der Waals surface area (Å²) in [6.07, 6.45) is 0.410. The Hall–Kier alpha value is -3.40. The normalized spacial score (nSPS) is 40.2. The molecule has 4 fully saturated rings. The number of benzene rings is 2. The number of aliphatic hydroxyl groups excluding tert-OH is 1. The molecule has 2 aromatic rings. The Balaban J connectivity index is 1.28. The van der Waals surface area contributed by atoms with Gasteiger partial charge in [0.05, 0.1) is 24.8 Å². The van der Waals surface area contributed by atoms with E-state index in [1.807, 2.05) is 32.0 Å². The van der Waals surface area contributed by atoms with Gasteiger partial charge in [0.25, 0.3) is 0 Å². The van der Waals surface area contributed by atoms with Crippen molar-refractivity contribution >= 4 is 34.8 Å². The number of aliphatic hydroxyl groups is 1. The molecule has 0 radical (unpaired) electrons. The number of ketones is 2. The van der Waals surface area contributed by atoms with Crippen molar-refractivity contribution in [2.75, 3.05) is 18.2 Å². The lowest BCUT2D eigenvalue weighted by Crippen LogP contribution is -2.73. The lowest BCUT2D eigenvalue weighted by Gasteiger charge is -2.67. The van der Waals surface area contributed by atoms with E-state index in [4.69, 9.17) is 21.2 Å². The highest BCUT2D eigenvalue weighted by molar-refractivity contribution is 6.30. The summed E-state index contributed by atoms with van der Waals surface area (Å²) in [5.74, 6) is -3.02. The van der Waals surface area contributed by atoms with Gasteiger partial charge in [-0.1, -0.05) is 61.9 Å². The first-order valence-electron chi connectivity index (χ1n) is 16.1. The summed E-state index contributed by atoms with van der Waals surface area (Å²) in [5.41, 5.74) is -6.33. The Bertz CT molecular complexity index is 1700. The van der Waals surface area contributed by atoms with Crippen LogP contribution in [0.3, 0.4) is 0 Å². The number of alkyl halides is 2. The molecule has 0 amide bonds. The molecule has 1 N–H and O–H groups in total. The number of fused-ring (bicyclic) bond motifs is 7. The molecule has 4 aliphatic carbocycles. The maximum absolute atomic E-state index is 18.0. The van der Waals surface area contributed by atoms with Gasteiger partial charge in [0.1, 0.15) is 6.17 Å². The summed E-state index contributed by atoms with van der Waals surface area (Å²) in [5, 5.41) is 14.1. The van der Waals surface area contributed by atoms with Gasteiger partial charge >= 0.3 is 5.97 Å². The van der Waals surface area contributed by atoms with E-state index in [1.165, 1.54) is 12.2 Å². The minimum absolute atomic E-state index is 0.0230. The Morgan fingerprint density at radius 1 is 1.09 bits per heavy atom. The number of allylic oxidation sites excluding steroid dienone is 4. The topological polar surface area (TPSA) is 93.1 Å². The molecule has 0 aromatic heterocycles. The van der Waals surface area contributed by atoms with Gasteiger partial charge in [0.15, 0.2) is 23.7 Å². The molecule has 0 spiro atoms. The van der Waals surface area contributed by atoms with Crippen LogP contribution >= 0.6 is 11.6 Å². The summed E-state index contributed by atoms with van der Waals surface area (Å²) in [4.78, 5) is 46.5. The van der Waals surface area contributed by atoms with E-state index in [-0.39, 0.29) is 31.4 Å². The second-order valence-electron chi connectivity index (χ2n) is 14.5. The number of hydrogen-bond donors (Lipinski definition) is 1. The van der Waals surface area contributed by atoms with Crippen molar-refractivity contribution in [3.05, 3.63) is 89.0 Å². The smallest absolute Gasteiger partial charge is 0.310 e. The number of rotatable bonds is 6. The van der Waals surface area contributed by atoms with Gasteiger partial charge in [0.2, 0.25) is 5.78 Å². The van der Waals surface area contributed by atoms with Crippen molar-refractivity contribution in [3.8, 4) is 0 Å². The average Bonchev–Trinajstić information content (AvgIpc) is 3.50. The Kier molecular flexibility index (Phi) is 7.39. The molecule has 9 unspecified atom stereocenters. The third-order valence-corrected chi connectivity index (χ3v) is 12.7. The first kappa shape index (κ1) is 32.2. The van der Waals surface area contributed by atoms with Gasteiger partial charge < -0.3 is 9.84 Å². The van der Waals surface area contributed by atoms with Crippen molar-refractivity contribution < 1.29 is 37.8 Å². The van der Waals surface area contributed by atoms with E-state index < -0.39 is 75.8 Å². The number of hydrogen-bond acceptors (Lipinski definition) is 7. The van der Waals surface area contributed by atoms with Crippen molar-refractivity contribution in [3.63, 3.8) is 0 Å². The average molecular weight is 666 g/mol. The zero-order chi connectivity index (χ0) is 33.6. The first-order valence-corrected chi connectivity index (χ1v) is 16.5. The lowest BCUT2D eigenvalue weighted by molar-refractivity contribution is -0.256. The van der Waals surface area contributed by atoms with Crippen LogP contribution in [-0.2, 0) is 30.4 Å². The van der Waals surface area contributed by atoms with Crippen LogP contribution in [0, 0.1) is 28.1 Å². The van der Waals surface area contributed by atoms with Crippen molar-refractivity contribution in [2.45, 2.75) is 70.0 Å². The number of hydroxylamine groups is 1. The predicted octanol–water partition coefficient (Wildman–Crippen LogP) is 6.12. The summed E-state index contributed by atoms with van der Waals surface area (Å²) in [6.45, 7) is 4.94. The molecule has 9 atom stereocenters. The fourth-order valence-electron chi connectivity index (χ4n) is 10.0. The van der Waals surface area contributed by atoms with Gasteiger partial charge in [-0.15, -0.1) is 0 Å². The highest BCUT2D eigenvalue weighted by Gasteiger charge is 2.83. The Morgan fingerprint density at radius 3 is 2.49 bits per heavy atom. The fraction of sp³-hybridized carbons (Fsp3) is 0.486. The van der Waals surface area contributed by atoms with Crippen molar-refractivity contribution in [1.29, 1.82) is 0 Å². The molecule has 3 saturated carbocycles. The van der Waals surface area contributed by atoms with Gasteiger partial charge in [-0.05, 0) is 79.2 Å². The number of carbonyl (C=O) groups excluding carboxylic acids is 3. The molecule has 1 heterocycles. The van der Waals surface area contributed by atoms with E-state index in [1.54, 1.807) is 48.4 Å². The van der Waals surface area contributed by atoms with Crippen molar-refractivity contribution in [1.82, 2.24) is 0 Å². The maximum atomic E-state index is 18.0. The fourth-order valence-corrected chi connectivity index (χ4v) is 10.2. The van der Waals surface area contributed by atoms with E-state index in [0.29, 0.717) is 17.1 Å². The minimum Gasteiger partial charge on any atom is -0.457 e. The quantitative estimate of drug-likeness (QED) is 0.372. The van der Waals surface area contributed by atoms with E-state index in [2.05, 4.69) is 0 Å². The number of esters is 1. The lowest BCUT2D eigenvalue weighted by atomic mass is 9.39. The van der Waals surface area contributed by atoms with Crippen molar-refractivity contribution in [2.24, 2.45) is 28.1 Å². The number of carbonyl (C=O) groups is 3. The first-order chi connectivity index (χ1) is 22.2. The largest absolute Gasteiger partial charge is 0.457 e.